The first-order chi connectivity index (χ1) is 11.6. The minimum Gasteiger partial charge on any atom is -0.385 e. The van der Waals surface area contributed by atoms with E-state index in [-0.39, 0.29) is 18.2 Å². The monoisotopic (exact) mass is 333 g/mol. The maximum absolute atomic E-state index is 12.6. The highest BCUT2D eigenvalue weighted by molar-refractivity contribution is 6.02. The van der Waals surface area contributed by atoms with Crippen LogP contribution in [0.5, 0.6) is 0 Å². The zero-order valence-corrected chi connectivity index (χ0v) is 14.9. The molecule has 6 nitrogen and oxygen atoms in total. The van der Waals surface area contributed by atoms with E-state index in [9.17, 15) is 14.4 Å². The molecule has 1 atom stereocenters. The Labute approximate surface area is 143 Å². The Kier molecular flexibility index (Phi) is 7.95. The molecule has 2 N–H and O–H groups in total. The lowest BCUT2D eigenvalue weighted by atomic mass is 10.1. The van der Waals surface area contributed by atoms with Crippen molar-refractivity contribution in [3.8, 4) is 0 Å². The molecule has 24 heavy (non-hydrogen) atoms. The maximum Gasteiger partial charge on any atom is 0.255 e. The number of benzene rings is 1. The number of fused-ring (bicyclic) bond motifs is 1. The lowest BCUT2D eigenvalue weighted by molar-refractivity contribution is -0.125. The third-order valence-electron chi connectivity index (χ3n) is 3.85. The molecular formula is C18H27N3O3. The summed E-state index contributed by atoms with van der Waals surface area (Å²) in [7, 11) is 1.54. The molecule has 0 spiro atoms. The quantitative estimate of drug-likeness (QED) is 0.750. The number of hydrogen-bond acceptors (Lipinski definition) is 4. The van der Waals surface area contributed by atoms with E-state index in [1.807, 2.05) is 32.9 Å². The van der Waals surface area contributed by atoms with Crippen LogP contribution in [0.15, 0.2) is 18.2 Å². The summed E-state index contributed by atoms with van der Waals surface area (Å²) in [6.45, 7) is 7.13. The molecule has 0 saturated carbocycles. The first kappa shape index (κ1) is 19.7. The van der Waals surface area contributed by atoms with Crippen LogP contribution in [0.25, 0.3) is 0 Å². The first-order valence-electron chi connectivity index (χ1n) is 8.46. The van der Waals surface area contributed by atoms with Crippen LogP contribution < -0.4 is 10.6 Å². The second-order valence-electron chi connectivity index (χ2n) is 5.17. The zero-order chi connectivity index (χ0) is 18.1. The number of carbonyl (C=O) groups excluding carboxylic acids is 3. The van der Waals surface area contributed by atoms with E-state index in [0.29, 0.717) is 18.5 Å². The van der Waals surface area contributed by atoms with Gasteiger partial charge < -0.3 is 20.3 Å². The van der Waals surface area contributed by atoms with Gasteiger partial charge in [0.2, 0.25) is 5.91 Å². The SMILES string of the molecule is CC.CCNc1cccc2c1CN(C(CCC=O)C(=O)NC)C2=O. The van der Waals surface area contributed by atoms with E-state index < -0.39 is 6.04 Å². The van der Waals surface area contributed by atoms with Gasteiger partial charge in [-0.05, 0) is 25.5 Å². The fourth-order valence-corrected chi connectivity index (χ4v) is 2.78. The van der Waals surface area contributed by atoms with Crippen LogP contribution in [0, 0.1) is 0 Å². The van der Waals surface area contributed by atoms with Crippen LogP contribution in [0.2, 0.25) is 0 Å². The molecule has 0 aliphatic carbocycles. The van der Waals surface area contributed by atoms with Crippen molar-refractivity contribution in [3.05, 3.63) is 29.3 Å². The number of nitrogens with zero attached hydrogens (tertiary/aromatic N) is 1. The van der Waals surface area contributed by atoms with Crippen molar-refractivity contribution in [2.75, 3.05) is 18.9 Å². The van der Waals surface area contributed by atoms with Gasteiger partial charge in [-0.2, -0.15) is 0 Å². The van der Waals surface area contributed by atoms with Gasteiger partial charge in [0.25, 0.3) is 5.91 Å². The fraction of sp³-hybridized carbons (Fsp3) is 0.500. The van der Waals surface area contributed by atoms with Crippen LogP contribution in [0.3, 0.4) is 0 Å². The number of carbonyl (C=O) groups is 3. The summed E-state index contributed by atoms with van der Waals surface area (Å²) >= 11 is 0. The van der Waals surface area contributed by atoms with Gasteiger partial charge in [-0.25, -0.2) is 0 Å². The molecule has 1 aliphatic rings. The van der Waals surface area contributed by atoms with Crippen molar-refractivity contribution in [2.24, 2.45) is 0 Å². The van der Waals surface area contributed by atoms with Crippen LogP contribution in [0.1, 0.15) is 49.5 Å². The second-order valence-corrected chi connectivity index (χ2v) is 5.17. The number of amides is 2. The van der Waals surface area contributed by atoms with E-state index in [2.05, 4.69) is 10.6 Å². The minimum absolute atomic E-state index is 0.158. The lowest BCUT2D eigenvalue weighted by Gasteiger charge is -2.25. The maximum atomic E-state index is 12.6. The van der Waals surface area contributed by atoms with Gasteiger partial charge in [-0.1, -0.05) is 19.9 Å². The predicted octanol–water partition coefficient (Wildman–Crippen LogP) is 2.19. The molecule has 0 bridgehead atoms. The van der Waals surface area contributed by atoms with Gasteiger partial charge in [0.15, 0.2) is 0 Å². The Morgan fingerprint density at radius 1 is 1.38 bits per heavy atom. The van der Waals surface area contributed by atoms with Crippen LogP contribution in [0.4, 0.5) is 5.69 Å². The molecule has 0 fully saturated rings. The number of anilines is 1. The van der Waals surface area contributed by atoms with Gasteiger partial charge in [0.1, 0.15) is 12.3 Å². The van der Waals surface area contributed by atoms with Crippen LogP contribution in [-0.2, 0) is 16.1 Å². The second kappa shape index (κ2) is 9.70. The molecule has 0 saturated heterocycles. The molecule has 2 rings (SSSR count). The average Bonchev–Trinajstić information content (AvgIpc) is 2.95. The molecule has 6 heteroatoms. The molecule has 1 aromatic carbocycles. The third-order valence-corrected chi connectivity index (χ3v) is 3.85. The molecule has 1 aliphatic heterocycles. The van der Waals surface area contributed by atoms with Gasteiger partial charge in [-0.3, -0.25) is 9.59 Å². The average molecular weight is 333 g/mol. The van der Waals surface area contributed by atoms with E-state index >= 15 is 0 Å². The van der Waals surface area contributed by atoms with Crippen molar-refractivity contribution in [1.82, 2.24) is 10.2 Å². The van der Waals surface area contributed by atoms with E-state index in [4.69, 9.17) is 0 Å². The highest BCUT2D eigenvalue weighted by Gasteiger charge is 2.36. The smallest absolute Gasteiger partial charge is 0.255 e. The highest BCUT2D eigenvalue weighted by atomic mass is 16.2. The number of hydrogen-bond donors (Lipinski definition) is 2. The Morgan fingerprint density at radius 3 is 2.67 bits per heavy atom. The summed E-state index contributed by atoms with van der Waals surface area (Å²) in [5.41, 5.74) is 2.45. The fourth-order valence-electron chi connectivity index (χ4n) is 2.78. The summed E-state index contributed by atoms with van der Waals surface area (Å²) in [6, 6.07) is 4.92. The molecule has 2 amide bonds. The molecule has 132 valence electrons. The Bertz CT molecular complexity index is 587. The predicted molar refractivity (Wildman–Crippen MR) is 95.0 cm³/mol. The van der Waals surface area contributed by atoms with Gasteiger partial charge in [0.05, 0.1) is 0 Å². The first-order valence-corrected chi connectivity index (χ1v) is 8.46. The van der Waals surface area contributed by atoms with Gasteiger partial charge >= 0.3 is 0 Å². The van der Waals surface area contributed by atoms with Crippen LogP contribution in [-0.4, -0.2) is 42.6 Å². The highest BCUT2D eigenvalue weighted by Crippen LogP contribution is 2.31. The molecular weight excluding hydrogens is 306 g/mol. The van der Waals surface area contributed by atoms with Crippen molar-refractivity contribution in [2.45, 2.75) is 46.2 Å². The Hall–Kier alpha value is -2.37. The minimum atomic E-state index is -0.621. The number of likely N-dealkylation sites (N-methyl/N-ethyl adjacent to an activating group) is 1. The summed E-state index contributed by atoms with van der Waals surface area (Å²) in [5.74, 6) is -0.401. The topological polar surface area (TPSA) is 78.5 Å². The van der Waals surface area contributed by atoms with Gasteiger partial charge in [0, 0.05) is 43.4 Å². The summed E-state index contributed by atoms with van der Waals surface area (Å²) in [5, 5.41) is 5.81. The zero-order valence-electron chi connectivity index (χ0n) is 14.9. The summed E-state index contributed by atoms with van der Waals surface area (Å²) in [4.78, 5) is 36.9. The molecule has 1 aromatic rings. The van der Waals surface area contributed by atoms with Crippen LogP contribution >= 0.6 is 0 Å². The third kappa shape index (κ3) is 4.13. The van der Waals surface area contributed by atoms with Gasteiger partial charge in [-0.15, -0.1) is 0 Å². The van der Waals surface area contributed by atoms with E-state index in [1.165, 1.54) is 7.05 Å². The Morgan fingerprint density at radius 2 is 2.08 bits per heavy atom. The molecule has 1 heterocycles. The molecule has 0 radical (unpaired) electrons. The number of aldehydes is 1. The van der Waals surface area contributed by atoms with Crippen molar-refractivity contribution < 1.29 is 14.4 Å². The number of rotatable bonds is 7. The lowest BCUT2D eigenvalue weighted by Crippen LogP contribution is -2.46. The van der Waals surface area contributed by atoms with E-state index in [1.54, 1.807) is 11.0 Å². The Balaban J connectivity index is 0.00000139. The largest absolute Gasteiger partial charge is 0.385 e. The number of nitrogens with one attached hydrogen (secondary N) is 2. The standard InChI is InChI=1S/C16H21N3O3.C2H6/c1-3-18-13-7-4-6-11-12(13)10-19(16(11)22)14(8-5-9-20)15(21)17-2;1-2/h4,6-7,9,14,18H,3,5,8,10H2,1-2H3,(H,17,21);1-2H3. The van der Waals surface area contributed by atoms with Crippen molar-refractivity contribution >= 4 is 23.8 Å². The normalized spacial score (nSPS) is 13.5. The summed E-state index contributed by atoms with van der Waals surface area (Å²) < 4.78 is 0. The molecule has 0 aromatic heterocycles. The van der Waals surface area contributed by atoms with Crippen molar-refractivity contribution in [1.29, 1.82) is 0 Å². The summed E-state index contributed by atoms with van der Waals surface area (Å²) in [6.07, 6.45) is 1.35. The molecule has 1 unspecified atom stereocenters. The van der Waals surface area contributed by atoms with E-state index in [0.717, 1.165) is 24.1 Å². The van der Waals surface area contributed by atoms with Crippen molar-refractivity contribution in [3.63, 3.8) is 0 Å².